The molecule has 0 unspecified atom stereocenters. The largest absolute Gasteiger partial charge is 0.456 e. The van der Waals surface area contributed by atoms with E-state index in [2.05, 4.69) is 229 Å². The number of fused-ring (bicyclic) bond motifs is 7. The number of para-hydroxylation sites is 1. The van der Waals surface area contributed by atoms with Crippen LogP contribution in [0.25, 0.3) is 66.1 Å². The lowest BCUT2D eigenvalue weighted by Gasteiger charge is -2.35. The van der Waals surface area contributed by atoms with E-state index in [4.69, 9.17) is 8.83 Å². The number of hydrogen-bond acceptors (Lipinski definition) is 3. The molecule has 64 heavy (non-hydrogen) atoms. The predicted molar refractivity (Wildman–Crippen MR) is 270 cm³/mol. The van der Waals surface area contributed by atoms with Crippen molar-refractivity contribution in [1.29, 1.82) is 0 Å². The van der Waals surface area contributed by atoms with E-state index in [-0.39, 0.29) is 0 Å². The van der Waals surface area contributed by atoms with Crippen LogP contribution in [0.5, 0.6) is 0 Å². The molecule has 2 aromatic heterocycles. The molecule has 0 saturated heterocycles. The fourth-order valence-corrected chi connectivity index (χ4v) is 14.7. The van der Waals surface area contributed by atoms with Crippen LogP contribution in [-0.2, 0) is 0 Å². The normalized spacial score (nSPS) is 11.8. The summed E-state index contributed by atoms with van der Waals surface area (Å²) in [5.41, 5.74) is 11.3. The van der Waals surface area contributed by atoms with Crippen molar-refractivity contribution in [2.24, 2.45) is 0 Å². The van der Waals surface area contributed by atoms with Crippen LogP contribution in [0.4, 0.5) is 17.1 Å². The molecule has 12 aromatic rings. The molecule has 0 aliphatic heterocycles. The first kappa shape index (κ1) is 37.6. The van der Waals surface area contributed by atoms with Gasteiger partial charge in [0.25, 0.3) is 0 Å². The van der Waals surface area contributed by atoms with E-state index in [1.807, 2.05) is 24.3 Å². The highest BCUT2D eigenvalue weighted by Crippen LogP contribution is 2.44. The highest BCUT2D eigenvalue weighted by molar-refractivity contribution is 7.19. The van der Waals surface area contributed by atoms with Gasteiger partial charge in [0.15, 0.2) is 8.07 Å². The molecule has 10 aromatic carbocycles. The molecule has 0 spiro atoms. The van der Waals surface area contributed by atoms with E-state index in [0.717, 1.165) is 72.1 Å². The second kappa shape index (κ2) is 15.6. The zero-order valence-corrected chi connectivity index (χ0v) is 35.9. The molecule has 0 atom stereocenters. The lowest BCUT2D eigenvalue weighted by molar-refractivity contribution is 0.663. The first-order valence-electron chi connectivity index (χ1n) is 21.8. The van der Waals surface area contributed by atoms with Gasteiger partial charge >= 0.3 is 0 Å². The van der Waals surface area contributed by atoms with Gasteiger partial charge in [0.1, 0.15) is 22.3 Å². The third-order valence-corrected chi connectivity index (χ3v) is 17.6. The third-order valence-electron chi connectivity index (χ3n) is 12.8. The molecule has 0 N–H and O–H groups in total. The van der Waals surface area contributed by atoms with Gasteiger partial charge in [0.2, 0.25) is 0 Å². The van der Waals surface area contributed by atoms with Crippen LogP contribution < -0.4 is 25.6 Å². The van der Waals surface area contributed by atoms with Crippen LogP contribution in [0.2, 0.25) is 0 Å². The van der Waals surface area contributed by atoms with Crippen LogP contribution in [0, 0.1) is 0 Å². The van der Waals surface area contributed by atoms with Crippen molar-refractivity contribution in [2.75, 3.05) is 4.90 Å². The SMILES string of the molecule is c1ccc(-c2ccc(N(c3ccc(-c4cccc5oc6ccc7oc8ccccc8c7c6c45)cc3)c3ccc([Si](c4ccccc4)(c4ccccc4)c4ccccc4)cc3)cc2)cc1. The number of anilines is 3. The minimum absolute atomic E-state index is 0.852. The molecule has 0 aliphatic rings. The highest BCUT2D eigenvalue weighted by Gasteiger charge is 2.41. The summed E-state index contributed by atoms with van der Waals surface area (Å²) in [6.45, 7) is 0. The molecular formula is C60H41NO2Si. The Morgan fingerprint density at radius 3 is 1.25 bits per heavy atom. The van der Waals surface area contributed by atoms with Gasteiger partial charge in [-0.3, -0.25) is 0 Å². The Kier molecular flexibility index (Phi) is 9.17. The van der Waals surface area contributed by atoms with E-state index in [0.29, 0.717) is 0 Å². The maximum Gasteiger partial charge on any atom is 0.179 e. The van der Waals surface area contributed by atoms with Crippen molar-refractivity contribution in [3.8, 4) is 22.3 Å². The summed E-state index contributed by atoms with van der Waals surface area (Å²) in [5, 5.41) is 9.74. The van der Waals surface area contributed by atoms with Crippen LogP contribution in [0.3, 0.4) is 0 Å². The van der Waals surface area contributed by atoms with Gasteiger partial charge in [-0.1, -0.05) is 188 Å². The fourth-order valence-electron chi connectivity index (χ4n) is 9.96. The van der Waals surface area contributed by atoms with E-state index in [1.54, 1.807) is 0 Å². The number of hydrogen-bond donors (Lipinski definition) is 0. The average Bonchev–Trinajstić information content (AvgIpc) is 3.95. The molecule has 0 radical (unpaired) electrons. The van der Waals surface area contributed by atoms with Crippen molar-refractivity contribution >= 4 is 89.8 Å². The summed E-state index contributed by atoms with van der Waals surface area (Å²) in [7, 11) is -2.70. The lowest BCUT2D eigenvalue weighted by Crippen LogP contribution is -2.74. The van der Waals surface area contributed by atoms with Crippen molar-refractivity contribution in [1.82, 2.24) is 0 Å². The molecular weight excluding hydrogens is 795 g/mol. The Balaban J connectivity index is 1.00. The lowest BCUT2D eigenvalue weighted by atomic mass is 9.97. The first-order valence-corrected chi connectivity index (χ1v) is 23.8. The predicted octanol–water partition coefficient (Wildman–Crippen LogP) is 13.7. The second-order valence-electron chi connectivity index (χ2n) is 16.4. The summed E-state index contributed by atoms with van der Waals surface area (Å²) < 4.78 is 12.9. The number of rotatable bonds is 9. The first-order chi connectivity index (χ1) is 31.7. The summed E-state index contributed by atoms with van der Waals surface area (Å²) in [6.07, 6.45) is 0. The van der Waals surface area contributed by atoms with E-state index < -0.39 is 8.07 Å². The topological polar surface area (TPSA) is 29.5 Å². The monoisotopic (exact) mass is 835 g/mol. The summed E-state index contributed by atoms with van der Waals surface area (Å²) >= 11 is 0. The van der Waals surface area contributed by atoms with E-state index >= 15 is 0 Å². The number of benzene rings is 10. The van der Waals surface area contributed by atoms with Gasteiger partial charge < -0.3 is 13.7 Å². The summed E-state index contributed by atoms with van der Waals surface area (Å²) in [5.74, 6) is 0. The molecule has 0 saturated carbocycles. The van der Waals surface area contributed by atoms with Gasteiger partial charge in [-0.2, -0.15) is 0 Å². The molecule has 2 heterocycles. The quantitative estimate of drug-likeness (QED) is 0.107. The van der Waals surface area contributed by atoms with Gasteiger partial charge in [-0.15, -0.1) is 0 Å². The molecule has 0 aliphatic carbocycles. The van der Waals surface area contributed by atoms with Gasteiger partial charge in [0.05, 0.1) is 0 Å². The van der Waals surface area contributed by atoms with Crippen molar-refractivity contribution < 1.29 is 8.83 Å². The van der Waals surface area contributed by atoms with Crippen molar-refractivity contribution in [3.63, 3.8) is 0 Å². The zero-order valence-electron chi connectivity index (χ0n) is 34.9. The van der Waals surface area contributed by atoms with Crippen LogP contribution in [-0.4, -0.2) is 8.07 Å². The Labute approximate surface area is 372 Å². The van der Waals surface area contributed by atoms with Crippen LogP contribution in [0.15, 0.2) is 258 Å². The maximum absolute atomic E-state index is 6.53. The van der Waals surface area contributed by atoms with Crippen molar-refractivity contribution in [3.05, 3.63) is 249 Å². The standard InChI is InChI=1S/C60H41NO2Si/c1-5-16-42(17-6-1)43-28-32-45(33-29-43)61(47-36-38-51(39-37-47)64(48-18-7-2-8-19-48,49-20-9-3-10-21-49)50-22-11-4-12-23-50)46-34-30-44(31-35-46)52-25-15-27-55-58(52)60-57(63-55)41-40-56-59(60)53-24-13-14-26-54(53)62-56/h1-41H. The molecule has 12 rings (SSSR count). The molecule has 3 nitrogen and oxygen atoms in total. The Bertz CT molecular complexity index is 3470. The van der Waals surface area contributed by atoms with E-state index in [9.17, 15) is 0 Å². The molecule has 0 bridgehead atoms. The zero-order chi connectivity index (χ0) is 42.5. The minimum Gasteiger partial charge on any atom is -0.456 e. The Morgan fingerprint density at radius 1 is 0.266 bits per heavy atom. The van der Waals surface area contributed by atoms with Gasteiger partial charge in [-0.05, 0) is 104 Å². The van der Waals surface area contributed by atoms with Crippen LogP contribution in [0.1, 0.15) is 0 Å². The molecule has 302 valence electrons. The second-order valence-corrected chi connectivity index (χ2v) is 20.2. The Morgan fingerprint density at radius 2 is 0.672 bits per heavy atom. The molecule has 0 fully saturated rings. The molecule has 4 heteroatoms. The smallest absolute Gasteiger partial charge is 0.179 e. The van der Waals surface area contributed by atoms with Crippen LogP contribution >= 0.6 is 0 Å². The number of furan rings is 2. The van der Waals surface area contributed by atoms with E-state index in [1.165, 1.54) is 31.9 Å². The fraction of sp³-hybridized carbons (Fsp3) is 0. The third kappa shape index (κ3) is 6.18. The van der Waals surface area contributed by atoms with Gasteiger partial charge in [0, 0.05) is 38.6 Å². The van der Waals surface area contributed by atoms with Crippen molar-refractivity contribution in [2.45, 2.75) is 0 Å². The van der Waals surface area contributed by atoms with Gasteiger partial charge in [-0.25, -0.2) is 0 Å². The minimum atomic E-state index is -2.70. The average molecular weight is 836 g/mol. The molecule has 0 amide bonds. The number of nitrogens with zero attached hydrogens (tertiary/aromatic N) is 1. The summed E-state index contributed by atoms with van der Waals surface area (Å²) in [6, 6.07) is 89.8. The maximum atomic E-state index is 6.53. The summed E-state index contributed by atoms with van der Waals surface area (Å²) in [4.78, 5) is 2.37. The Hall–Kier alpha value is -8.18. The highest BCUT2D eigenvalue weighted by atomic mass is 28.3.